The summed E-state index contributed by atoms with van der Waals surface area (Å²) in [5.74, 6) is -1.78. The Bertz CT molecular complexity index is 1030. The zero-order chi connectivity index (χ0) is 21.8. The average Bonchev–Trinajstić information content (AvgIpc) is 2.68. The lowest BCUT2D eigenvalue weighted by Gasteiger charge is -2.24. The number of hydrogen-bond donors (Lipinski definition) is 2. The van der Waals surface area contributed by atoms with E-state index in [-0.39, 0.29) is 18.1 Å². The molecular formula is C21H19ClN2O5S. The van der Waals surface area contributed by atoms with Crippen molar-refractivity contribution >= 4 is 58.3 Å². The summed E-state index contributed by atoms with van der Waals surface area (Å²) in [6.45, 7) is 2.82. The summed E-state index contributed by atoms with van der Waals surface area (Å²) in [6.07, 6.45) is -1.29. The molecule has 7 nitrogen and oxygen atoms in total. The molecule has 2 atom stereocenters. The van der Waals surface area contributed by atoms with E-state index in [1.807, 2.05) is 0 Å². The number of hydrogen-bond acceptors (Lipinski definition) is 6. The number of carbonyl (C=O) groups excluding carboxylic acids is 4. The fraction of sp³-hybridized carbons (Fsp3) is 0.238. The van der Waals surface area contributed by atoms with E-state index in [1.165, 1.54) is 25.6 Å². The van der Waals surface area contributed by atoms with E-state index in [1.54, 1.807) is 42.5 Å². The summed E-state index contributed by atoms with van der Waals surface area (Å²) in [7, 11) is 0. The molecule has 2 aromatic rings. The van der Waals surface area contributed by atoms with Crippen molar-refractivity contribution in [2.45, 2.75) is 36.5 Å². The summed E-state index contributed by atoms with van der Waals surface area (Å²) in [6, 6.07) is 11.7. The third-order valence-corrected chi connectivity index (χ3v) is 5.87. The largest absolute Gasteiger partial charge is 0.452 e. The van der Waals surface area contributed by atoms with Gasteiger partial charge in [-0.15, -0.1) is 11.8 Å². The van der Waals surface area contributed by atoms with Gasteiger partial charge in [-0.05, 0) is 44.2 Å². The number of benzene rings is 2. The zero-order valence-electron chi connectivity index (χ0n) is 16.2. The van der Waals surface area contributed by atoms with Crippen LogP contribution in [0.4, 0.5) is 11.4 Å². The number of Topliss-reactive ketones (excluding diaryl/α,β-unsaturated/α-hetero) is 1. The van der Waals surface area contributed by atoms with Crippen LogP contribution < -0.4 is 10.6 Å². The summed E-state index contributed by atoms with van der Waals surface area (Å²) >= 11 is 7.16. The number of thioether (sulfide) groups is 1. The van der Waals surface area contributed by atoms with Crippen LogP contribution >= 0.6 is 23.4 Å². The molecule has 0 saturated carbocycles. The minimum Gasteiger partial charge on any atom is -0.452 e. The van der Waals surface area contributed by atoms with Gasteiger partial charge in [-0.2, -0.15) is 0 Å². The van der Waals surface area contributed by atoms with Gasteiger partial charge in [-0.3, -0.25) is 19.2 Å². The number of anilines is 2. The Morgan fingerprint density at radius 3 is 2.70 bits per heavy atom. The topological polar surface area (TPSA) is 102 Å². The molecule has 2 aromatic carbocycles. The van der Waals surface area contributed by atoms with Crippen molar-refractivity contribution in [1.82, 2.24) is 0 Å². The van der Waals surface area contributed by atoms with Gasteiger partial charge in [0.05, 0.1) is 23.0 Å². The molecule has 2 unspecified atom stereocenters. The molecule has 0 spiro atoms. The maximum Gasteiger partial charge on any atom is 0.308 e. The minimum absolute atomic E-state index is 0.194. The zero-order valence-corrected chi connectivity index (χ0v) is 17.8. The van der Waals surface area contributed by atoms with Crippen LogP contribution in [0.25, 0.3) is 0 Å². The normalized spacial score (nSPS) is 16.1. The van der Waals surface area contributed by atoms with Crippen LogP contribution in [-0.4, -0.2) is 34.9 Å². The molecule has 0 saturated heterocycles. The highest BCUT2D eigenvalue weighted by atomic mass is 35.5. The van der Waals surface area contributed by atoms with Gasteiger partial charge in [-0.1, -0.05) is 23.7 Å². The molecule has 3 rings (SSSR count). The maximum atomic E-state index is 12.4. The Kier molecular flexibility index (Phi) is 6.79. The fourth-order valence-corrected chi connectivity index (χ4v) is 4.09. The summed E-state index contributed by atoms with van der Waals surface area (Å²) in [4.78, 5) is 49.4. The van der Waals surface area contributed by atoms with Crippen LogP contribution in [-0.2, 0) is 19.1 Å². The Hall–Kier alpha value is -2.84. The quantitative estimate of drug-likeness (QED) is 0.515. The maximum absolute atomic E-state index is 12.4. The smallest absolute Gasteiger partial charge is 0.308 e. The summed E-state index contributed by atoms with van der Waals surface area (Å²) < 4.78 is 5.19. The van der Waals surface area contributed by atoms with Gasteiger partial charge in [0, 0.05) is 15.5 Å². The number of amides is 2. The number of para-hydroxylation sites is 1. The van der Waals surface area contributed by atoms with E-state index in [9.17, 15) is 19.2 Å². The minimum atomic E-state index is -1.10. The first-order valence-electron chi connectivity index (χ1n) is 9.12. The first-order valence-corrected chi connectivity index (χ1v) is 10.4. The Morgan fingerprint density at radius 1 is 1.23 bits per heavy atom. The Morgan fingerprint density at radius 2 is 1.97 bits per heavy atom. The van der Waals surface area contributed by atoms with Gasteiger partial charge in [-0.25, -0.2) is 0 Å². The molecule has 156 valence electrons. The molecule has 0 bridgehead atoms. The second-order valence-corrected chi connectivity index (χ2v) is 8.34. The molecule has 1 heterocycles. The molecule has 2 amide bonds. The van der Waals surface area contributed by atoms with Gasteiger partial charge in [0.15, 0.2) is 11.9 Å². The SMILES string of the molecule is CC(=O)c1ccccc1NC(=O)C(C)OC(=O)CC1Sc2ccc(Cl)cc2NC1=O. The Labute approximate surface area is 182 Å². The molecule has 0 aromatic heterocycles. The van der Waals surface area contributed by atoms with E-state index in [2.05, 4.69) is 10.6 Å². The molecule has 1 aliphatic heterocycles. The summed E-state index contributed by atoms with van der Waals surface area (Å²) in [5, 5.41) is 5.13. The van der Waals surface area contributed by atoms with Gasteiger partial charge in [0.2, 0.25) is 5.91 Å². The van der Waals surface area contributed by atoms with Crippen molar-refractivity contribution in [1.29, 1.82) is 0 Å². The lowest BCUT2D eigenvalue weighted by atomic mass is 10.1. The van der Waals surface area contributed by atoms with Gasteiger partial charge in [0.1, 0.15) is 0 Å². The van der Waals surface area contributed by atoms with Crippen molar-refractivity contribution in [2.75, 3.05) is 10.6 Å². The van der Waals surface area contributed by atoms with Crippen LogP contribution in [0.5, 0.6) is 0 Å². The number of nitrogens with one attached hydrogen (secondary N) is 2. The van der Waals surface area contributed by atoms with Crippen molar-refractivity contribution in [3.63, 3.8) is 0 Å². The van der Waals surface area contributed by atoms with Crippen LogP contribution in [0.3, 0.4) is 0 Å². The van der Waals surface area contributed by atoms with E-state index in [4.69, 9.17) is 16.3 Å². The predicted octanol–water partition coefficient (Wildman–Crippen LogP) is 3.92. The lowest BCUT2D eigenvalue weighted by molar-refractivity contribution is -0.153. The second kappa shape index (κ2) is 9.32. The number of carbonyl (C=O) groups is 4. The molecule has 0 aliphatic carbocycles. The molecule has 1 aliphatic rings. The second-order valence-electron chi connectivity index (χ2n) is 6.66. The van der Waals surface area contributed by atoms with Crippen LogP contribution in [0.1, 0.15) is 30.6 Å². The number of rotatable bonds is 6. The number of fused-ring (bicyclic) bond motifs is 1. The number of ketones is 1. The molecule has 2 N–H and O–H groups in total. The van der Waals surface area contributed by atoms with Crippen LogP contribution in [0, 0.1) is 0 Å². The van der Waals surface area contributed by atoms with E-state index in [0.29, 0.717) is 22.0 Å². The first-order chi connectivity index (χ1) is 14.2. The Balaban J connectivity index is 1.58. The monoisotopic (exact) mass is 446 g/mol. The first kappa shape index (κ1) is 21.9. The van der Waals surface area contributed by atoms with Crippen LogP contribution in [0.2, 0.25) is 5.02 Å². The molecule has 0 radical (unpaired) electrons. The lowest BCUT2D eigenvalue weighted by Crippen LogP contribution is -2.34. The van der Waals surface area contributed by atoms with Crippen molar-refractivity contribution in [2.24, 2.45) is 0 Å². The van der Waals surface area contributed by atoms with Crippen LogP contribution in [0.15, 0.2) is 47.4 Å². The van der Waals surface area contributed by atoms with Crippen molar-refractivity contribution in [3.8, 4) is 0 Å². The predicted molar refractivity (Wildman–Crippen MR) is 115 cm³/mol. The molecule has 0 fully saturated rings. The molecule has 9 heteroatoms. The number of halogens is 1. The van der Waals surface area contributed by atoms with E-state index < -0.39 is 23.2 Å². The van der Waals surface area contributed by atoms with Crippen molar-refractivity contribution < 1.29 is 23.9 Å². The number of esters is 1. The highest BCUT2D eigenvalue weighted by Crippen LogP contribution is 2.38. The van der Waals surface area contributed by atoms with E-state index >= 15 is 0 Å². The third kappa shape index (κ3) is 5.20. The number of ether oxygens (including phenoxy) is 1. The van der Waals surface area contributed by atoms with Gasteiger partial charge in [0.25, 0.3) is 5.91 Å². The molecule has 30 heavy (non-hydrogen) atoms. The fourth-order valence-electron chi connectivity index (χ4n) is 2.84. The van der Waals surface area contributed by atoms with Gasteiger partial charge >= 0.3 is 5.97 Å². The highest BCUT2D eigenvalue weighted by molar-refractivity contribution is 8.01. The third-order valence-electron chi connectivity index (χ3n) is 4.35. The highest BCUT2D eigenvalue weighted by Gasteiger charge is 2.31. The van der Waals surface area contributed by atoms with Gasteiger partial charge < -0.3 is 15.4 Å². The van der Waals surface area contributed by atoms with E-state index in [0.717, 1.165) is 4.90 Å². The van der Waals surface area contributed by atoms with Crippen molar-refractivity contribution in [3.05, 3.63) is 53.1 Å². The summed E-state index contributed by atoms with van der Waals surface area (Å²) in [5.41, 5.74) is 1.30. The standard InChI is InChI=1S/C21H19ClN2O5S/c1-11(25)14-5-3-4-6-15(14)23-20(27)12(2)29-19(26)10-18-21(28)24-16-9-13(22)7-8-17(16)30-18/h3-9,12,18H,10H2,1-2H3,(H,23,27)(H,24,28). The average molecular weight is 447 g/mol. The molecular weight excluding hydrogens is 428 g/mol.